The molecule has 6 nitrogen and oxygen atoms in total. The number of nitrogens with zero attached hydrogens (tertiary/aromatic N) is 1. The highest BCUT2D eigenvalue weighted by atomic mass is 16.5. The maximum absolute atomic E-state index is 10.9. The molecule has 0 aromatic heterocycles. The average Bonchev–Trinajstić information content (AvgIpc) is 2.53. The second-order valence-electron chi connectivity index (χ2n) is 4.58. The van der Waals surface area contributed by atoms with Crippen molar-refractivity contribution in [2.45, 2.75) is 6.10 Å². The normalized spacial score (nSPS) is 16.6. The fraction of sp³-hybridized carbons (Fsp3) is 0.500. The number of methoxy groups -OCH3 is 1. The van der Waals surface area contributed by atoms with Gasteiger partial charge in [-0.3, -0.25) is 0 Å². The Morgan fingerprint density at radius 1 is 1.40 bits per heavy atom. The molecule has 2 N–H and O–H groups in total. The quantitative estimate of drug-likeness (QED) is 0.858. The number of carbonyl (C=O) groups is 1. The number of carbonyl (C=O) groups excluding carboxylic acids is 1. The predicted octanol–water partition coefficient (Wildman–Crippen LogP) is 0.913. The van der Waals surface area contributed by atoms with E-state index in [9.17, 15) is 9.90 Å². The van der Waals surface area contributed by atoms with Crippen LogP contribution in [-0.4, -0.2) is 51.2 Å². The molecule has 0 radical (unpaired) electrons. The van der Waals surface area contributed by atoms with Gasteiger partial charge in [-0.25, -0.2) is 4.79 Å². The molecule has 1 aliphatic rings. The fourth-order valence-electron chi connectivity index (χ4n) is 2.10. The topological polar surface area (TPSA) is 71.0 Å². The summed E-state index contributed by atoms with van der Waals surface area (Å²) >= 11 is 0. The van der Waals surface area contributed by atoms with Gasteiger partial charge in [-0.05, 0) is 17.7 Å². The molecule has 1 atom stereocenters. The Hall–Kier alpha value is -1.79. The molecule has 1 unspecified atom stereocenters. The van der Waals surface area contributed by atoms with Gasteiger partial charge in [0.05, 0.1) is 33.0 Å². The van der Waals surface area contributed by atoms with E-state index in [-0.39, 0.29) is 6.54 Å². The Balaban J connectivity index is 1.91. The van der Waals surface area contributed by atoms with Crippen molar-refractivity contribution in [3.8, 4) is 0 Å². The number of benzene rings is 1. The van der Waals surface area contributed by atoms with E-state index in [2.05, 4.69) is 15.0 Å². The summed E-state index contributed by atoms with van der Waals surface area (Å²) in [5.74, 6) is 0. The van der Waals surface area contributed by atoms with Gasteiger partial charge in [0.15, 0.2) is 0 Å². The van der Waals surface area contributed by atoms with Crippen molar-refractivity contribution >= 4 is 11.8 Å². The van der Waals surface area contributed by atoms with Crippen molar-refractivity contribution in [2.75, 3.05) is 44.9 Å². The van der Waals surface area contributed by atoms with Crippen molar-refractivity contribution in [3.63, 3.8) is 0 Å². The number of nitrogens with one attached hydrogen (secondary N) is 1. The second kappa shape index (κ2) is 7.12. The molecule has 0 bridgehead atoms. The first-order valence-electron chi connectivity index (χ1n) is 6.63. The van der Waals surface area contributed by atoms with Crippen molar-refractivity contribution in [1.29, 1.82) is 0 Å². The Morgan fingerprint density at radius 3 is 2.65 bits per heavy atom. The van der Waals surface area contributed by atoms with Gasteiger partial charge in [-0.15, -0.1) is 0 Å². The van der Waals surface area contributed by atoms with Crippen LogP contribution < -0.4 is 10.2 Å². The Bertz CT molecular complexity index is 429. The van der Waals surface area contributed by atoms with E-state index in [1.54, 1.807) is 0 Å². The maximum Gasteiger partial charge on any atom is 0.406 e. The smallest absolute Gasteiger partial charge is 0.406 e. The minimum atomic E-state index is -0.743. The highest BCUT2D eigenvalue weighted by Gasteiger charge is 2.13. The maximum atomic E-state index is 10.9. The number of aliphatic hydroxyl groups is 1. The van der Waals surface area contributed by atoms with Gasteiger partial charge < -0.3 is 24.8 Å². The number of morpholine rings is 1. The Kier molecular flexibility index (Phi) is 5.20. The lowest BCUT2D eigenvalue weighted by Crippen LogP contribution is -2.36. The Labute approximate surface area is 118 Å². The lowest BCUT2D eigenvalue weighted by molar-refractivity contribution is 0.122. The highest BCUT2D eigenvalue weighted by Crippen LogP contribution is 2.20. The number of alkyl carbamates (subject to hydrolysis) is 1. The summed E-state index contributed by atoms with van der Waals surface area (Å²) in [6.45, 7) is 3.38. The minimum Gasteiger partial charge on any atom is -0.453 e. The number of rotatable bonds is 4. The first-order valence-corrected chi connectivity index (χ1v) is 6.63. The van der Waals surface area contributed by atoms with E-state index in [0.29, 0.717) is 0 Å². The first-order chi connectivity index (χ1) is 9.70. The van der Waals surface area contributed by atoms with E-state index in [0.717, 1.165) is 37.6 Å². The number of ether oxygens (including phenoxy) is 2. The summed E-state index contributed by atoms with van der Waals surface area (Å²) in [6.07, 6.45) is -1.29. The molecule has 1 fully saturated rings. The molecular weight excluding hydrogens is 260 g/mol. The molecule has 1 saturated heterocycles. The molecular formula is C14H20N2O4. The monoisotopic (exact) mass is 280 g/mol. The van der Waals surface area contributed by atoms with Crippen molar-refractivity contribution in [2.24, 2.45) is 0 Å². The molecule has 6 heteroatoms. The summed E-state index contributed by atoms with van der Waals surface area (Å²) in [4.78, 5) is 13.2. The van der Waals surface area contributed by atoms with Gasteiger partial charge in [0.25, 0.3) is 0 Å². The summed E-state index contributed by atoms with van der Waals surface area (Å²) < 4.78 is 9.77. The van der Waals surface area contributed by atoms with E-state index >= 15 is 0 Å². The van der Waals surface area contributed by atoms with E-state index in [1.807, 2.05) is 24.3 Å². The lowest BCUT2D eigenvalue weighted by Gasteiger charge is -2.29. The van der Waals surface area contributed by atoms with Gasteiger partial charge in [-0.1, -0.05) is 12.1 Å². The van der Waals surface area contributed by atoms with E-state index < -0.39 is 12.2 Å². The van der Waals surface area contributed by atoms with Crippen LogP contribution in [0.3, 0.4) is 0 Å². The molecule has 1 aliphatic heterocycles. The van der Waals surface area contributed by atoms with Gasteiger partial charge >= 0.3 is 6.09 Å². The average molecular weight is 280 g/mol. The summed E-state index contributed by atoms with van der Waals surface area (Å²) in [5.41, 5.74) is 1.88. The third-order valence-electron chi connectivity index (χ3n) is 3.28. The van der Waals surface area contributed by atoms with Gasteiger partial charge in [0.2, 0.25) is 0 Å². The second-order valence-corrected chi connectivity index (χ2v) is 4.58. The molecule has 0 saturated carbocycles. The highest BCUT2D eigenvalue weighted by molar-refractivity contribution is 5.66. The van der Waals surface area contributed by atoms with Crippen LogP contribution in [0.15, 0.2) is 24.3 Å². The van der Waals surface area contributed by atoms with Crippen LogP contribution in [0.2, 0.25) is 0 Å². The zero-order valence-electron chi connectivity index (χ0n) is 11.5. The predicted molar refractivity (Wildman–Crippen MR) is 74.8 cm³/mol. The van der Waals surface area contributed by atoms with Crippen LogP contribution in [0.5, 0.6) is 0 Å². The van der Waals surface area contributed by atoms with Gasteiger partial charge in [0, 0.05) is 18.8 Å². The van der Waals surface area contributed by atoms with Crippen molar-refractivity contribution in [1.82, 2.24) is 5.32 Å². The van der Waals surface area contributed by atoms with Crippen LogP contribution in [-0.2, 0) is 9.47 Å². The van der Waals surface area contributed by atoms with Crippen molar-refractivity contribution in [3.05, 3.63) is 29.8 Å². The van der Waals surface area contributed by atoms with Crippen LogP contribution in [0, 0.1) is 0 Å². The van der Waals surface area contributed by atoms with Gasteiger partial charge in [0.1, 0.15) is 0 Å². The van der Waals surface area contributed by atoms with E-state index in [1.165, 1.54) is 7.11 Å². The van der Waals surface area contributed by atoms with Gasteiger partial charge in [-0.2, -0.15) is 0 Å². The van der Waals surface area contributed by atoms with Crippen LogP contribution >= 0.6 is 0 Å². The SMILES string of the molecule is COC(=O)NCC(O)c1ccc(N2CCOCC2)cc1. The van der Waals surface area contributed by atoms with Crippen molar-refractivity contribution < 1.29 is 19.4 Å². The zero-order valence-corrected chi connectivity index (χ0v) is 11.5. The number of hydrogen-bond acceptors (Lipinski definition) is 5. The molecule has 110 valence electrons. The summed E-state index contributed by atoms with van der Waals surface area (Å²) in [6, 6.07) is 7.69. The standard InChI is InChI=1S/C14H20N2O4/c1-19-14(18)15-10-13(17)11-2-4-12(5-3-11)16-6-8-20-9-7-16/h2-5,13,17H,6-10H2,1H3,(H,15,18). The third-order valence-corrected chi connectivity index (χ3v) is 3.28. The summed E-state index contributed by atoms with van der Waals surface area (Å²) in [5, 5.41) is 12.4. The largest absolute Gasteiger partial charge is 0.453 e. The van der Waals surface area contributed by atoms with Crippen LogP contribution in [0.25, 0.3) is 0 Å². The number of aliphatic hydroxyl groups excluding tert-OH is 1. The molecule has 0 aliphatic carbocycles. The first kappa shape index (κ1) is 14.6. The Morgan fingerprint density at radius 2 is 2.05 bits per heavy atom. The molecule has 1 heterocycles. The minimum absolute atomic E-state index is 0.129. The molecule has 0 spiro atoms. The number of anilines is 1. The van der Waals surface area contributed by atoms with Crippen LogP contribution in [0.1, 0.15) is 11.7 Å². The summed E-state index contributed by atoms with van der Waals surface area (Å²) in [7, 11) is 1.29. The lowest BCUT2D eigenvalue weighted by atomic mass is 10.1. The molecule has 1 amide bonds. The number of amides is 1. The fourth-order valence-corrected chi connectivity index (χ4v) is 2.10. The number of hydrogen-bond donors (Lipinski definition) is 2. The molecule has 1 aromatic rings. The van der Waals surface area contributed by atoms with Crippen LogP contribution in [0.4, 0.5) is 10.5 Å². The third kappa shape index (κ3) is 3.85. The van der Waals surface area contributed by atoms with E-state index in [4.69, 9.17) is 4.74 Å². The molecule has 20 heavy (non-hydrogen) atoms. The molecule has 1 aromatic carbocycles. The zero-order chi connectivity index (χ0) is 14.4. The molecule has 2 rings (SSSR count).